The van der Waals surface area contributed by atoms with Gasteiger partial charge in [0.15, 0.2) is 0 Å². The fraction of sp³-hybridized carbons (Fsp3) is 0.538. The summed E-state index contributed by atoms with van der Waals surface area (Å²) in [7, 11) is 0. The van der Waals surface area contributed by atoms with Crippen molar-refractivity contribution in [2.75, 3.05) is 0 Å². The third-order valence-corrected chi connectivity index (χ3v) is 2.77. The minimum Gasteiger partial charge on any atom is -0.388 e. The van der Waals surface area contributed by atoms with E-state index in [2.05, 4.69) is 13.8 Å². The first-order valence-corrected chi connectivity index (χ1v) is 5.48. The molecule has 0 bridgehead atoms. The van der Waals surface area contributed by atoms with Crippen molar-refractivity contribution in [2.24, 2.45) is 5.92 Å². The monoisotopic (exact) mass is 210 g/mol. The Labute approximate surface area is 90.9 Å². The van der Waals surface area contributed by atoms with Crippen molar-refractivity contribution in [3.8, 4) is 0 Å². The van der Waals surface area contributed by atoms with Crippen molar-refractivity contribution in [2.45, 2.75) is 39.7 Å². The summed E-state index contributed by atoms with van der Waals surface area (Å²) in [6, 6.07) is 4.73. The zero-order valence-electron chi connectivity index (χ0n) is 9.63. The van der Waals surface area contributed by atoms with Gasteiger partial charge in [0, 0.05) is 0 Å². The predicted molar refractivity (Wildman–Crippen MR) is 60.2 cm³/mol. The molecule has 0 saturated heterocycles. The number of hydrogen-bond donors (Lipinski definition) is 1. The molecule has 0 heterocycles. The van der Waals surface area contributed by atoms with Crippen molar-refractivity contribution in [3.05, 3.63) is 35.1 Å². The SMILES string of the molecule is CCC(C)CC(O)c1cc(C)cc(F)c1. The molecule has 84 valence electrons. The first-order chi connectivity index (χ1) is 7.02. The molecule has 2 heteroatoms. The van der Waals surface area contributed by atoms with Gasteiger partial charge in [0.25, 0.3) is 0 Å². The Morgan fingerprint density at radius 2 is 2.00 bits per heavy atom. The largest absolute Gasteiger partial charge is 0.388 e. The smallest absolute Gasteiger partial charge is 0.123 e. The second-order valence-corrected chi connectivity index (χ2v) is 4.33. The van der Waals surface area contributed by atoms with Crippen LogP contribution in [0.1, 0.15) is 43.9 Å². The molecule has 1 N–H and O–H groups in total. The highest BCUT2D eigenvalue weighted by molar-refractivity contribution is 5.25. The number of hydrogen-bond acceptors (Lipinski definition) is 1. The summed E-state index contributed by atoms with van der Waals surface area (Å²) in [5, 5.41) is 9.90. The van der Waals surface area contributed by atoms with Crippen LogP contribution in [0.15, 0.2) is 18.2 Å². The maximum atomic E-state index is 13.1. The maximum Gasteiger partial charge on any atom is 0.123 e. The molecule has 1 aromatic carbocycles. The van der Waals surface area contributed by atoms with Gasteiger partial charge in [-0.05, 0) is 42.5 Å². The first kappa shape index (κ1) is 12.2. The fourth-order valence-electron chi connectivity index (χ4n) is 1.64. The van der Waals surface area contributed by atoms with Crippen LogP contribution in [0.25, 0.3) is 0 Å². The van der Waals surface area contributed by atoms with Crippen LogP contribution < -0.4 is 0 Å². The van der Waals surface area contributed by atoms with Gasteiger partial charge < -0.3 is 5.11 Å². The summed E-state index contributed by atoms with van der Waals surface area (Å²) in [6.45, 7) is 6.02. The molecule has 0 spiro atoms. The Morgan fingerprint density at radius 1 is 1.33 bits per heavy atom. The van der Waals surface area contributed by atoms with Crippen LogP contribution in [0.4, 0.5) is 4.39 Å². The molecule has 0 aliphatic rings. The van der Waals surface area contributed by atoms with Crippen molar-refractivity contribution in [1.29, 1.82) is 0 Å². The lowest BCUT2D eigenvalue weighted by Crippen LogP contribution is -2.04. The molecule has 0 aliphatic carbocycles. The Kier molecular flexibility index (Phi) is 4.28. The topological polar surface area (TPSA) is 20.2 Å². The number of aliphatic hydroxyl groups excluding tert-OH is 1. The van der Waals surface area contributed by atoms with E-state index in [1.54, 1.807) is 0 Å². The third kappa shape index (κ3) is 3.63. The second-order valence-electron chi connectivity index (χ2n) is 4.33. The fourth-order valence-corrected chi connectivity index (χ4v) is 1.64. The Bertz CT molecular complexity index is 302. The van der Waals surface area contributed by atoms with E-state index in [-0.39, 0.29) is 5.82 Å². The van der Waals surface area contributed by atoms with Gasteiger partial charge in [-0.25, -0.2) is 4.39 Å². The predicted octanol–water partition coefficient (Wildman–Crippen LogP) is 3.60. The standard InChI is InChI=1S/C13H19FO/c1-4-9(2)7-13(15)11-5-10(3)6-12(14)8-11/h5-6,8-9,13,15H,4,7H2,1-3H3. The third-order valence-electron chi connectivity index (χ3n) is 2.77. The molecular formula is C13H19FO. The van der Waals surface area contributed by atoms with Crippen molar-refractivity contribution >= 4 is 0 Å². The van der Waals surface area contributed by atoms with Crippen molar-refractivity contribution < 1.29 is 9.50 Å². The summed E-state index contributed by atoms with van der Waals surface area (Å²) in [5.41, 5.74) is 1.54. The molecule has 2 unspecified atom stereocenters. The zero-order chi connectivity index (χ0) is 11.4. The van der Waals surface area contributed by atoms with E-state index in [4.69, 9.17) is 0 Å². The molecule has 0 aromatic heterocycles. The van der Waals surface area contributed by atoms with E-state index in [1.165, 1.54) is 12.1 Å². The van der Waals surface area contributed by atoms with Crippen LogP contribution in [0.2, 0.25) is 0 Å². The van der Waals surface area contributed by atoms with E-state index in [1.807, 2.05) is 13.0 Å². The van der Waals surface area contributed by atoms with Crippen LogP contribution in [-0.4, -0.2) is 5.11 Å². The second kappa shape index (κ2) is 5.26. The molecule has 0 amide bonds. The summed E-state index contributed by atoms with van der Waals surface area (Å²) in [5.74, 6) is 0.191. The van der Waals surface area contributed by atoms with E-state index in [0.29, 0.717) is 17.9 Å². The lowest BCUT2D eigenvalue weighted by atomic mass is 9.95. The average molecular weight is 210 g/mol. The molecule has 15 heavy (non-hydrogen) atoms. The quantitative estimate of drug-likeness (QED) is 0.805. The number of aliphatic hydroxyl groups is 1. The number of rotatable bonds is 4. The summed E-state index contributed by atoms with van der Waals surface area (Å²) in [6.07, 6.45) is 1.18. The van der Waals surface area contributed by atoms with Gasteiger partial charge in [0.1, 0.15) is 5.82 Å². The molecule has 0 aliphatic heterocycles. The molecule has 1 aromatic rings. The highest BCUT2D eigenvalue weighted by atomic mass is 19.1. The summed E-state index contributed by atoms with van der Waals surface area (Å²) in [4.78, 5) is 0. The Balaban J connectivity index is 2.77. The van der Waals surface area contributed by atoms with Crippen LogP contribution in [0, 0.1) is 18.7 Å². The summed E-state index contributed by atoms with van der Waals surface area (Å²) >= 11 is 0. The van der Waals surface area contributed by atoms with E-state index < -0.39 is 6.10 Å². The normalized spacial score (nSPS) is 15.0. The number of aryl methyl sites for hydroxylation is 1. The molecule has 1 nitrogen and oxygen atoms in total. The van der Waals surface area contributed by atoms with Gasteiger partial charge in [-0.15, -0.1) is 0 Å². The maximum absolute atomic E-state index is 13.1. The molecule has 0 saturated carbocycles. The van der Waals surface area contributed by atoms with E-state index in [9.17, 15) is 9.50 Å². The molecule has 2 atom stereocenters. The number of halogens is 1. The molecule has 0 fully saturated rings. The van der Waals surface area contributed by atoms with Gasteiger partial charge in [0.05, 0.1) is 6.10 Å². The van der Waals surface area contributed by atoms with Gasteiger partial charge in [-0.3, -0.25) is 0 Å². The lowest BCUT2D eigenvalue weighted by molar-refractivity contribution is 0.146. The minimum atomic E-state index is -0.547. The zero-order valence-corrected chi connectivity index (χ0v) is 9.63. The van der Waals surface area contributed by atoms with Crippen molar-refractivity contribution in [3.63, 3.8) is 0 Å². The molecule has 1 rings (SSSR count). The average Bonchev–Trinajstić information content (AvgIpc) is 2.16. The highest BCUT2D eigenvalue weighted by Gasteiger charge is 2.12. The van der Waals surface area contributed by atoms with Crippen LogP contribution in [-0.2, 0) is 0 Å². The van der Waals surface area contributed by atoms with Gasteiger partial charge in [-0.1, -0.05) is 26.3 Å². The number of benzene rings is 1. The van der Waals surface area contributed by atoms with E-state index >= 15 is 0 Å². The summed E-state index contributed by atoms with van der Waals surface area (Å²) < 4.78 is 13.1. The molecule has 0 radical (unpaired) electrons. The highest BCUT2D eigenvalue weighted by Crippen LogP contribution is 2.24. The minimum absolute atomic E-state index is 0.270. The Morgan fingerprint density at radius 3 is 2.53 bits per heavy atom. The van der Waals surface area contributed by atoms with Crippen LogP contribution in [0.3, 0.4) is 0 Å². The molecular weight excluding hydrogens is 191 g/mol. The van der Waals surface area contributed by atoms with Gasteiger partial charge in [0.2, 0.25) is 0 Å². The van der Waals surface area contributed by atoms with Crippen LogP contribution >= 0.6 is 0 Å². The van der Waals surface area contributed by atoms with Crippen LogP contribution in [0.5, 0.6) is 0 Å². The first-order valence-electron chi connectivity index (χ1n) is 5.48. The van der Waals surface area contributed by atoms with E-state index in [0.717, 1.165) is 12.0 Å². The van der Waals surface area contributed by atoms with Gasteiger partial charge in [-0.2, -0.15) is 0 Å². The van der Waals surface area contributed by atoms with Crippen molar-refractivity contribution in [1.82, 2.24) is 0 Å². The van der Waals surface area contributed by atoms with Gasteiger partial charge >= 0.3 is 0 Å². The lowest BCUT2D eigenvalue weighted by Gasteiger charge is -2.15. The Hall–Kier alpha value is -0.890.